The van der Waals surface area contributed by atoms with E-state index in [9.17, 15) is 8.42 Å². The summed E-state index contributed by atoms with van der Waals surface area (Å²) in [5, 5.41) is 9.96. The van der Waals surface area contributed by atoms with E-state index in [1.54, 1.807) is 26.0 Å². The summed E-state index contributed by atoms with van der Waals surface area (Å²) in [6.45, 7) is 6.12. The third kappa shape index (κ3) is 4.05. The molecule has 136 valence electrons. The van der Waals surface area contributed by atoms with Crippen molar-refractivity contribution in [3.05, 3.63) is 71.0 Å². The SMILES string of the molecule is Cc1ccc(CNc2ccc(NS(=O)(=O)c3c(C)n[nH]c3C)cc2)cc1. The van der Waals surface area contributed by atoms with Gasteiger partial charge in [0.15, 0.2) is 0 Å². The largest absolute Gasteiger partial charge is 0.381 e. The normalized spacial score (nSPS) is 11.3. The summed E-state index contributed by atoms with van der Waals surface area (Å²) >= 11 is 0. The van der Waals surface area contributed by atoms with Crippen molar-refractivity contribution in [3.8, 4) is 0 Å². The van der Waals surface area contributed by atoms with E-state index >= 15 is 0 Å². The molecule has 0 unspecified atom stereocenters. The maximum atomic E-state index is 12.5. The predicted octanol–water partition coefficient (Wildman–Crippen LogP) is 3.75. The van der Waals surface area contributed by atoms with E-state index in [-0.39, 0.29) is 4.90 Å². The fourth-order valence-corrected chi connectivity index (χ4v) is 4.14. The van der Waals surface area contributed by atoms with Crippen LogP contribution in [0.5, 0.6) is 0 Å². The Morgan fingerprint density at radius 1 is 0.923 bits per heavy atom. The maximum absolute atomic E-state index is 12.5. The highest BCUT2D eigenvalue weighted by molar-refractivity contribution is 7.92. The van der Waals surface area contributed by atoms with Gasteiger partial charge in [-0.05, 0) is 50.6 Å². The molecule has 2 aromatic carbocycles. The van der Waals surface area contributed by atoms with Gasteiger partial charge in [-0.3, -0.25) is 9.82 Å². The molecular weight excluding hydrogens is 348 g/mol. The van der Waals surface area contributed by atoms with Gasteiger partial charge in [0.05, 0.1) is 11.4 Å². The minimum absolute atomic E-state index is 0.194. The van der Waals surface area contributed by atoms with Crippen molar-refractivity contribution < 1.29 is 8.42 Å². The molecule has 0 saturated carbocycles. The van der Waals surface area contributed by atoms with Gasteiger partial charge in [0.1, 0.15) is 4.90 Å². The van der Waals surface area contributed by atoms with Crippen LogP contribution in [-0.4, -0.2) is 18.6 Å². The van der Waals surface area contributed by atoms with E-state index in [4.69, 9.17) is 0 Å². The lowest BCUT2D eigenvalue weighted by Crippen LogP contribution is -2.14. The average molecular weight is 370 g/mol. The van der Waals surface area contributed by atoms with Crippen LogP contribution in [0.3, 0.4) is 0 Å². The van der Waals surface area contributed by atoms with Crippen LogP contribution in [0, 0.1) is 20.8 Å². The highest BCUT2D eigenvalue weighted by Gasteiger charge is 2.22. The fraction of sp³-hybridized carbons (Fsp3) is 0.211. The zero-order valence-corrected chi connectivity index (χ0v) is 15.8. The summed E-state index contributed by atoms with van der Waals surface area (Å²) in [4.78, 5) is 0.194. The smallest absolute Gasteiger partial charge is 0.265 e. The Labute approximate surface area is 153 Å². The number of aryl methyl sites for hydroxylation is 3. The van der Waals surface area contributed by atoms with E-state index in [0.29, 0.717) is 23.6 Å². The molecule has 3 N–H and O–H groups in total. The van der Waals surface area contributed by atoms with Crippen molar-refractivity contribution in [2.75, 3.05) is 10.0 Å². The maximum Gasteiger partial charge on any atom is 0.265 e. The van der Waals surface area contributed by atoms with Gasteiger partial charge < -0.3 is 5.32 Å². The van der Waals surface area contributed by atoms with Crippen LogP contribution in [-0.2, 0) is 16.6 Å². The van der Waals surface area contributed by atoms with Crippen LogP contribution in [0.2, 0.25) is 0 Å². The monoisotopic (exact) mass is 370 g/mol. The molecule has 3 aromatic rings. The second kappa shape index (κ2) is 7.21. The number of hydrogen-bond donors (Lipinski definition) is 3. The third-order valence-corrected chi connectivity index (χ3v) is 5.73. The highest BCUT2D eigenvalue weighted by Crippen LogP contribution is 2.22. The van der Waals surface area contributed by atoms with Gasteiger partial charge in [0.2, 0.25) is 0 Å². The molecule has 0 spiro atoms. The molecule has 0 radical (unpaired) electrons. The molecule has 26 heavy (non-hydrogen) atoms. The molecule has 0 saturated heterocycles. The summed E-state index contributed by atoms with van der Waals surface area (Å²) in [6.07, 6.45) is 0. The highest BCUT2D eigenvalue weighted by atomic mass is 32.2. The van der Waals surface area contributed by atoms with Crippen LogP contribution >= 0.6 is 0 Å². The Morgan fingerprint density at radius 2 is 1.54 bits per heavy atom. The topological polar surface area (TPSA) is 86.9 Å². The lowest BCUT2D eigenvalue weighted by Gasteiger charge is -2.10. The minimum Gasteiger partial charge on any atom is -0.381 e. The molecular formula is C19H22N4O2S. The van der Waals surface area contributed by atoms with Gasteiger partial charge in [0, 0.05) is 17.9 Å². The number of benzene rings is 2. The summed E-state index contributed by atoms with van der Waals surface area (Å²) < 4.78 is 27.7. The molecule has 0 aliphatic rings. The van der Waals surface area contributed by atoms with Crippen molar-refractivity contribution >= 4 is 21.4 Å². The summed E-state index contributed by atoms with van der Waals surface area (Å²) in [5.74, 6) is 0. The molecule has 0 atom stereocenters. The van der Waals surface area contributed by atoms with Crippen molar-refractivity contribution in [2.45, 2.75) is 32.2 Å². The van der Waals surface area contributed by atoms with E-state index in [1.165, 1.54) is 11.1 Å². The Bertz CT molecular complexity index is 972. The summed E-state index contributed by atoms with van der Waals surface area (Å²) in [5.41, 5.74) is 4.81. The molecule has 0 aliphatic heterocycles. The lowest BCUT2D eigenvalue weighted by atomic mass is 10.1. The number of nitrogens with zero attached hydrogens (tertiary/aromatic N) is 1. The van der Waals surface area contributed by atoms with Gasteiger partial charge in [-0.25, -0.2) is 8.42 Å². The number of H-pyrrole nitrogens is 1. The van der Waals surface area contributed by atoms with Gasteiger partial charge in [-0.2, -0.15) is 5.10 Å². The van der Waals surface area contributed by atoms with Gasteiger partial charge in [-0.1, -0.05) is 29.8 Å². The fourth-order valence-electron chi connectivity index (χ4n) is 2.71. The van der Waals surface area contributed by atoms with E-state index in [2.05, 4.69) is 51.4 Å². The number of hydrogen-bond acceptors (Lipinski definition) is 4. The Balaban J connectivity index is 1.67. The van der Waals surface area contributed by atoms with Gasteiger partial charge >= 0.3 is 0 Å². The second-order valence-electron chi connectivity index (χ2n) is 6.29. The first-order chi connectivity index (χ1) is 12.3. The zero-order valence-electron chi connectivity index (χ0n) is 15.0. The van der Waals surface area contributed by atoms with E-state index in [0.717, 1.165) is 5.69 Å². The number of aromatic amines is 1. The van der Waals surface area contributed by atoms with Crippen molar-refractivity contribution in [2.24, 2.45) is 0 Å². The third-order valence-electron chi connectivity index (χ3n) is 4.08. The Kier molecular flexibility index (Phi) is 4.99. The first-order valence-electron chi connectivity index (χ1n) is 8.29. The lowest BCUT2D eigenvalue weighted by molar-refractivity contribution is 0.600. The summed E-state index contributed by atoms with van der Waals surface area (Å²) in [6, 6.07) is 15.5. The molecule has 0 amide bonds. The zero-order chi connectivity index (χ0) is 18.7. The van der Waals surface area contributed by atoms with Crippen LogP contribution in [0.4, 0.5) is 11.4 Å². The first-order valence-corrected chi connectivity index (χ1v) is 9.77. The minimum atomic E-state index is -3.67. The first kappa shape index (κ1) is 18.0. The molecule has 7 heteroatoms. The van der Waals surface area contributed by atoms with Crippen molar-refractivity contribution in [1.82, 2.24) is 10.2 Å². The number of nitrogens with one attached hydrogen (secondary N) is 3. The van der Waals surface area contributed by atoms with Crippen LogP contribution in [0.1, 0.15) is 22.5 Å². The van der Waals surface area contributed by atoms with Crippen LogP contribution in [0.15, 0.2) is 53.4 Å². The molecule has 3 rings (SSSR count). The quantitative estimate of drug-likeness (QED) is 0.617. The molecule has 0 fully saturated rings. The van der Waals surface area contributed by atoms with Gasteiger partial charge in [-0.15, -0.1) is 0 Å². The Hall–Kier alpha value is -2.80. The molecule has 1 heterocycles. The summed E-state index contributed by atoms with van der Waals surface area (Å²) in [7, 11) is -3.67. The van der Waals surface area contributed by atoms with Crippen molar-refractivity contribution in [1.29, 1.82) is 0 Å². The van der Waals surface area contributed by atoms with E-state index in [1.807, 2.05) is 12.1 Å². The number of sulfonamides is 1. The molecule has 0 aliphatic carbocycles. The molecule has 6 nitrogen and oxygen atoms in total. The van der Waals surface area contributed by atoms with Gasteiger partial charge in [0.25, 0.3) is 10.0 Å². The number of aromatic nitrogens is 2. The van der Waals surface area contributed by atoms with E-state index < -0.39 is 10.0 Å². The Morgan fingerprint density at radius 3 is 2.12 bits per heavy atom. The molecule has 0 bridgehead atoms. The van der Waals surface area contributed by atoms with Crippen LogP contribution in [0.25, 0.3) is 0 Å². The second-order valence-corrected chi connectivity index (χ2v) is 7.90. The number of rotatable bonds is 6. The number of anilines is 2. The standard InChI is InChI=1S/C19H22N4O2S/c1-13-4-6-16(7-5-13)12-20-17-8-10-18(11-9-17)23-26(24,25)19-14(2)21-22-15(19)3/h4-11,20,23H,12H2,1-3H3,(H,21,22). The van der Waals surface area contributed by atoms with Crippen molar-refractivity contribution in [3.63, 3.8) is 0 Å². The predicted molar refractivity (Wildman–Crippen MR) is 104 cm³/mol. The van der Waals surface area contributed by atoms with Crippen LogP contribution < -0.4 is 10.0 Å². The molecule has 1 aromatic heterocycles. The average Bonchev–Trinajstić information content (AvgIpc) is 2.95.